The predicted molar refractivity (Wildman–Crippen MR) is 82.3 cm³/mol. The Hall–Kier alpha value is -0.220. The van der Waals surface area contributed by atoms with Gasteiger partial charge in [-0.2, -0.15) is 11.8 Å². The molecule has 0 saturated heterocycles. The van der Waals surface area contributed by atoms with Crippen LogP contribution in [-0.4, -0.2) is 28.5 Å². The van der Waals surface area contributed by atoms with E-state index in [2.05, 4.69) is 24.0 Å². The van der Waals surface area contributed by atoms with Gasteiger partial charge in [-0.05, 0) is 45.1 Å². The van der Waals surface area contributed by atoms with Crippen LogP contribution in [0.3, 0.4) is 0 Å². The van der Waals surface area contributed by atoms with Crippen molar-refractivity contribution in [2.45, 2.75) is 80.7 Å². The van der Waals surface area contributed by atoms with Crippen LogP contribution < -0.4 is 11.1 Å². The second-order valence-electron chi connectivity index (χ2n) is 6.09. The van der Waals surface area contributed by atoms with E-state index in [-0.39, 0.29) is 5.91 Å². The zero-order valence-corrected chi connectivity index (χ0v) is 12.9. The molecule has 110 valence electrons. The van der Waals surface area contributed by atoms with Gasteiger partial charge in [-0.3, -0.25) is 4.79 Å². The highest BCUT2D eigenvalue weighted by molar-refractivity contribution is 8.00. The number of likely N-dealkylation sites (N-methyl/N-ethyl adjacent to an activating group) is 1. The van der Waals surface area contributed by atoms with Gasteiger partial charge in [0.05, 0.1) is 5.54 Å². The first-order valence-electron chi connectivity index (χ1n) is 7.86. The Kier molecular flexibility index (Phi) is 5.58. The van der Waals surface area contributed by atoms with Gasteiger partial charge < -0.3 is 11.1 Å². The van der Waals surface area contributed by atoms with Crippen molar-refractivity contribution >= 4 is 17.7 Å². The highest BCUT2D eigenvalue weighted by Crippen LogP contribution is 2.40. The lowest BCUT2D eigenvalue weighted by molar-refractivity contribution is -0.125. The number of rotatable bonds is 5. The Bertz CT molecular complexity index is 301. The molecule has 2 aliphatic carbocycles. The topological polar surface area (TPSA) is 55.1 Å². The number of nitrogens with two attached hydrogens (primary N) is 1. The van der Waals surface area contributed by atoms with Crippen molar-refractivity contribution in [1.29, 1.82) is 0 Å². The smallest absolute Gasteiger partial charge is 0.237 e. The maximum atomic E-state index is 11.9. The van der Waals surface area contributed by atoms with Gasteiger partial charge in [0.15, 0.2) is 0 Å². The van der Waals surface area contributed by atoms with Crippen molar-refractivity contribution in [2.75, 3.05) is 6.54 Å². The van der Waals surface area contributed by atoms with Gasteiger partial charge in [0, 0.05) is 10.5 Å². The van der Waals surface area contributed by atoms with E-state index in [1.807, 2.05) is 0 Å². The van der Waals surface area contributed by atoms with E-state index in [0.717, 1.165) is 31.1 Å². The Morgan fingerprint density at radius 3 is 2.53 bits per heavy atom. The van der Waals surface area contributed by atoms with Crippen LogP contribution in [0, 0.1) is 0 Å². The minimum atomic E-state index is -0.431. The fourth-order valence-electron chi connectivity index (χ4n) is 3.62. The lowest BCUT2D eigenvalue weighted by atomic mass is 9.80. The summed E-state index contributed by atoms with van der Waals surface area (Å²) < 4.78 is 0. The molecule has 2 fully saturated rings. The van der Waals surface area contributed by atoms with Crippen LogP contribution in [0.2, 0.25) is 0 Å². The molecule has 4 heteroatoms. The van der Waals surface area contributed by atoms with Crippen LogP contribution in [0.1, 0.15) is 64.7 Å². The Balaban J connectivity index is 1.92. The van der Waals surface area contributed by atoms with Crippen molar-refractivity contribution < 1.29 is 4.79 Å². The maximum absolute atomic E-state index is 11.9. The average molecular weight is 284 g/mol. The summed E-state index contributed by atoms with van der Waals surface area (Å²) in [5.41, 5.74) is 5.24. The number of nitrogens with one attached hydrogen (secondary N) is 1. The summed E-state index contributed by atoms with van der Waals surface area (Å²) in [6, 6.07) is 0. The normalized spacial score (nSPS) is 33.2. The molecule has 0 aromatic heterocycles. The molecule has 2 rings (SSSR count). The van der Waals surface area contributed by atoms with Crippen molar-refractivity contribution in [2.24, 2.45) is 5.73 Å². The molecule has 0 aromatic carbocycles. The first kappa shape index (κ1) is 15.2. The molecule has 0 spiro atoms. The highest BCUT2D eigenvalue weighted by Gasteiger charge is 2.41. The van der Waals surface area contributed by atoms with Crippen molar-refractivity contribution in [3.05, 3.63) is 0 Å². The molecule has 0 bridgehead atoms. The van der Waals surface area contributed by atoms with Gasteiger partial charge in [0.1, 0.15) is 0 Å². The van der Waals surface area contributed by atoms with E-state index in [1.165, 1.54) is 38.5 Å². The van der Waals surface area contributed by atoms with Gasteiger partial charge >= 0.3 is 0 Å². The number of hydrogen-bond acceptors (Lipinski definition) is 3. The third kappa shape index (κ3) is 3.88. The molecule has 19 heavy (non-hydrogen) atoms. The van der Waals surface area contributed by atoms with Crippen molar-refractivity contribution in [3.63, 3.8) is 0 Å². The van der Waals surface area contributed by atoms with E-state index >= 15 is 0 Å². The van der Waals surface area contributed by atoms with Crippen LogP contribution in [0.5, 0.6) is 0 Å². The zero-order chi connectivity index (χ0) is 13.7. The maximum Gasteiger partial charge on any atom is 0.237 e. The SMILES string of the molecule is CCNC1(C(N)=O)CCCC(SC2CCCCC2)C1. The fraction of sp³-hybridized carbons (Fsp3) is 0.933. The third-order valence-electron chi connectivity index (χ3n) is 4.63. The second kappa shape index (κ2) is 6.98. The number of primary amides is 1. The molecule has 1 amide bonds. The lowest BCUT2D eigenvalue weighted by Gasteiger charge is -2.40. The largest absolute Gasteiger partial charge is 0.368 e. The molecular weight excluding hydrogens is 256 g/mol. The number of thioether (sulfide) groups is 1. The standard InChI is InChI=1S/C15H28N2OS/c1-2-17-15(14(16)18)10-6-9-13(11-15)19-12-7-4-3-5-8-12/h12-13,17H,2-11H2,1H3,(H2,16,18). The molecular formula is C15H28N2OS. The summed E-state index contributed by atoms with van der Waals surface area (Å²) in [5, 5.41) is 4.81. The van der Waals surface area contributed by atoms with Gasteiger partial charge in [-0.15, -0.1) is 0 Å². The average Bonchev–Trinajstić information content (AvgIpc) is 2.40. The minimum absolute atomic E-state index is 0.150. The fourth-order valence-corrected chi connectivity index (χ4v) is 5.46. The van der Waals surface area contributed by atoms with E-state index in [1.54, 1.807) is 0 Å². The van der Waals surface area contributed by atoms with Crippen LogP contribution in [0.15, 0.2) is 0 Å². The van der Waals surface area contributed by atoms with E-state index in [4.69, 9.17) is 5.73 Å². The monoisotopic (exact) mass is 284 g/mol. The van der Waals surface area contributed by atoms with Crippen LogP contribution in [-0.2, 0) is 4.79 Å². The van der Waals surface area contributed by atoms with Crippen LogP contribution >= 0.6 is 11.8 Å². The van der Waals surface area contributed by atoms with E-state index in [9.17, 15) is 4.79 Å². The first-order chi connectivity index (χ1) is 9.16. The molecule has 2 unspecified atom stereocenters. The molecule has 0 aromatic rings. The summed E-state index contributed by atoms with van der Waals surface area (Å²) in [6.45, 7) is 2.88. The van der Waals surface area contributed by atoms with Crippen LogP contribution in [0.4, 0.5) is 0 Å². The number of carbonyl (C=O) groups excluding carboxylic acids is 1. The summed E-state index contributed by atoms with van der Waals surface area (Å²) in [5.74, 6) is -0.150. The quantitative estimate of drug-likeness (QED) is 0.816. The van der Waals surface area contributed by atoms with Gasteiger partial charge in [-0.1, -0.05) is 26.2 Å². The molecule has 0 radical (unpaired) electrons. The summed E-state index contributed by atoms with van der Waals surface area (Å²) in [4.78, 5) is 11.9. The zero-order valence-electron chi connectivity index (χ0n) is 12.1. The Labute approximate surface area is 121 Å². The van der Waals surface area contributed by atoms with E-state index in [0.29, 0.717) is 5.25 Å². The lowest BCUT2D eigenvalue weighted by Crippen LogP contribution is -2.58. The highest BCUT2D eigenvalue weighted by atomic mass is 32.2. The molecule has 2 saturated carbocycles. The Morgan fingerprint density at radius 2 is 1.89 bits per heavy atom. The van der Waals surface area contributed by atoms with Gasteiger partial charge in [0.2, 0.25) is 5.91 Å². The number of amides is 1. The third-order valence-corrected chi connectivity index (χ3v) is 6.27. The minimum Gasteiger partial charge on any atom is -0.368 e. The number of carbonyl (C=O) groups is 1. The van der Waals surface area contributed by atoms with Crippen LogP contribution in [0.25, 0.3) is 0 Å². The van der Waals surface area contributed by atoms with Gasteiger partial charge in [0.25, 0.3) is 0 Å². The number of hydrogen-bond donors (Lipinski definition) is 2. The molecule has 2 aliphatic rings. The summed E-state index contributed by atoms with van der Waals surface area (Å²) in [6.07, 6.45) is 11.1. The molecule has 3 N–H and O–H groups in total. The molecule has 3 nitrogen and oxygen atoms in total. The molecule has 2 atom stereocenters. The second-order valence-corrected chi connectivity index (χ2v) is 7.70. The van der Waals surface area contributed by atoms with Gasteiger partial charge in [-0.25, -0.2) is 0 Å². The summed E-state index contributed by atoms with van der Waals surface area (Å²) >= 11 is 2.14. The predicted octanol–water partition coefficient (Wildman–Crippen LogP) is 2.83. The van der Waals surface area contributed by atoms with Crippen molar-refractivity contribution in [1.82, 2.24) is 5.32 Å². The van der Waals surface area contributed by atoms with E-state index < -0.39 is 5.54 Å². The molecule has 0 aliphatic heterocycles. The molecule has 0 heterocycles. The Morgan fingerprint density at radius 1 is 1.21 bits per heavy atom. The first-order valence-corrected chi connectivity index (χ1v) is 8.81. The van der Waals surface area contributed by atoms with Crippen molar-refractivity contribution in [3.8, 4) is 0 Å². The summed E-state index contributed by atoms with van der Waals surface area (Å²) in [7, 11) is 0.